The van der Waals surface area contributed by atoms with E-state index < -0.39 is 10.0 Å². The Hall–Kier alpha value is -0.890. The first-order valence-corrected chi connectivity index (χ1v) is 7.90. The molecule has 1 heterocycles. The van der Waals surface area contributed by atoms with Crippen LogP contribution in [-0.2, 0) is 27.9 Å². The lowest BCUT2D eigenvalue weighted by Gasteiger charge is -2.05. The first-order chi connectivity index (χ1) is 9.05. The van der Waals surface area contributed by atoms with Gasteiger partial charge in [0.15, 0.2) is 0 Å². The number of sulfonamides is 1. The Morgan fingerprint density at radius 2 is 2.16 bits per heavy atom. The summed E-state index contributed by atoms with van der Waals surface area (Å²) in [5, 5.41) is 9.15. The van der Waals surface area contributed by atoms with E-state index in [9.17, 15) is 8.42 Å². The van der Waals surface area contributed by atoms with Crippen molar-refractivity contribution in [1.82, 2.24) is 9.29 Å². The van der Waals surface area contributed by atoms with Crippen LogP contribution in [0.1, 0.15) is 26.0 Å². The molecular weight excluding hydrogens is 268 g/mol. The molecule has 0 saturated carbocycles. The van der Waals surface area contributed by atoms with Crippen LogP contribution >= 0.6 is 0 Å². The Morgan fingerprint density at radius 3 is 2.68 bits per heavy atom. The molecule has 0 bridgehead atoms. The molecule has 0 unspecified atom stereocenters. The van der Waals surface area contributed by atoms with Gasteiger partial charge in [0.1, 0.15) is 0 Å². The van der Waals surface area contributed by atoms with Crippen LogP contribution in [0, 0.1) is 0 Å². The number of hydrogen-bond acceptors (Lipinski definition) is 4. The molecule has 0 aliphatic carbocycles. The molecule has 0 fully saturated rings. The number of nitrogens with zero attached hydrogens (tertiary/aromatic N) is 1. The van der Waals surface area contributed by atoms with Gasteiger partial charge in [-0.3, -0.25) is 0 Å². The smallest absolute Gasteiger partial charge is 0.242 e. The predicted molar refractivity (Wildman–Crippen MR) is 72.3 cm³/mol. The normalized spacial score (nSPS) is 11.9. The van der Waals surface area contributed by atoms with Crippen LogP contribution in [0.2, 0.25) is 0 Å². The molecule has 110 valence electrons. The van der Waals surface area contributed by atoms with Gasteiger partial charge in [0.2, 0.25) is 10.0 Å². The zero-order valence-electron chi connectivity index (χ0n) is 11.4. The number of aryl methyl sites for hydroxylation is 1. The highest BCUT2D eigenvalue weighted by Gasteiger charge is 2.17. The molecule has 0 amide bonds. The van der Waals surface area contributed by atoms with E-state index >= 15 is 0 Å². The maximum absolute atomic E-state index is 12.0. The van der Waals surface area contributed by atoms with Gasteiger partial charge in [0.25, 0.3) is 0 Å². The van der Waals surface area contributed by atoms with E-state index in [0.717, 1.165) is 0 Å². The summed E-state index contributed by atoms with van der Waals surface area (Å²) in [5.41, 5.74) is 0.595. The minimum absolute atomic E-state index is 0.173. The number of aliphatic hydroxyl groups excluding tert-OH is 1. The Morgan fingerprint density at radius 1 is 1.42 bits per heavy atom. The van der Waals surface area contributed by atoms with Crippen molar-refractivity contribution in [2.75, 3.05) is 19.8 Å². The van der Waals surface area contributed by atoms with Gasteiger partial charge in [0, 0.05) is 38.2 Å². The fourth-order valence-electron chi connectivity index (χ4n) is 1.71. The third kappa shape index (κ3) is 4.61. The average molecular weight is 290 g/mol. The minimum Gasteiger partial charge on any atom is -0.390 e. The molecule has 0 atom stereocenters. The summed E-state index contributed by atoms with van der Waals surface area (Å²) in [5.74, 6) is 0. The molecule has 0 radical (unpaired) electrons. The van der Waals surface area contributed by atoms with E-state index in [1.165, 1.54) is 12.3 Å². The second-order valence-electron chi connectivity index (χ2n) is 4.06. The molecule has 0 aromatic carbocycles. The maximum atomic E-state index is 12.0. The first-order valence-electron chi connectivity index (χ1n) is 6.42. The molecular formula is C12H22N2O4S. The molecule has 6 nitrogen and oxygen atoms in total. The van der Waals surface area contributed by atoms with Gasteiger partial charge < -0.3 is 14.4 Å². The number of rotatable bonds is 9. The summed E-state index contributed by atoms with van der Waals surface area (Å²) in [6.45, 7) is 5.75. The fourth-order valence-corrected chi connectivity index (χ4v) is 2.84. The maximum Gasteiger partial charge on any atom is 0.242 e. The number of nitrogens with one attached hydrogen (secondary N) is 1. The molecule has 0 aliphatic heterocycles. The summed E-state index contributed by atoms with van der Waals surface area (Å²) in [7, 11) is -3.51. The monoisotopic (exact) mass is 290 g/mol. The number of ether oxygens (including phenoxy) is 1. The van der Waals surface area contributed by atoms with Crippen LogP contribution < -0.4 is 4.72 Å². The van der Waals surface area contributed by atoms with Gasteiger partial charge in [-0.15, -0.1) is 0 Å². The van der Waals surface area contributed by atoms with E-state index in [1.807, 2.05) is 13.8 Å². The van der Waals surface area contributed by atoms with Gasteiger partial charge >= 0.3 is 0 Å². The van der Waals surface area contributed by atoms with Crippen molar-refractivity contribution in [3.8, 4) is 0 Å². The molecule has 2 N–H and O–H groups in total. The topological polar surface area (TPSA) is 80.6 Å². The van der Waals surface area contributed by atoms with Crippen LogP contribution in [0.4, 0.5) is 0 Å². The number of aliphatic hydroxyl groups is 1. The van der Waals surface area contributed by atoms with Gasteiger partial charge in [-0.05, 0) is 26.3 Å². The summed E-state index contributed by atoms with van der Waals surface area (Å²) in [4.78, 5) is 0.190. The highest BCUT2D eigenvalue weighted by atomic mass is 32.2. The van der Waals surface area contributed by atoms with E-state index in [-0.39, 0.29) is 11.5 Å². The quantitative estimate of drug-likeness (QED) is 0.656. The fraction of sp³-hybridized carbons (Fsp3) is 0.667. The number of hydrogen-bond donors (Lipinski definition) is 2. The van der Waals surface area contributed by atoms with Gasteiger partial charge in [-0.2, -0.15) is 0 Å². The molecule has 7 heteroatoms. The van der Waals surface area contributed by atoms with Crippen molar-refractivity contribution in [2.24, 2.45) is 0 Å². The van der Waals surface area contributed by atoms with Gasteiger partial charge in [0.05, 0.1) is 11.5 Å². The van der Waals surface area contributed by atoms with Crippen molar-refractivity contribution in [1.29, 1.82) is 0 Å². The van der Waals surface area contributed by atoms with Crippen molar-refractivity contribution in [3.05, 3.63) is 18.0 Å². The summed E-state index contributed by atoms with van der Waals surface area (Å²) < 4.78 is 33.4. The Kier molecular flexibility index (Phi) is 6.50. The zero-order valence-corrected chi connectivity index (χ0v) is 12.2. The standard InChI is InChI=1S/C12H22N2O4S/c1-3-14-9-12(8-11(14)10-15)19(16,17)13-6-5-7-18-4-2/h8-9,13,15H,3-7,10H2,1-2H3. The molecule has 0 saturated heterocycles. The highest BCUT2D eigenvalue weighted by molar-refractivity contribution is 7.89. The van der Waals surface area contributed by atoms with Crippen molar-refractivity contribution in [3.63, 3.8) is 0 Å². The van der Waals surface area contributed by atoms with E-state index in [1.54, 1.807) is 4.57 Å². The summed E-state index contributed by atoms with van der Waals surface area (Å²) in [6, 6.07) is 1.49. The van der Waals surface area contributed by atoms with E-state index in [2.05, 4.69) is 4.72 Å². The van der Waals surface area contributed by atoms with Crippen LogP contribution in [0.25, 0.3) is 0 Å². The molecule has 0 spiro atoms. The van der Waals surface area contributed by atoms with E-state index in [4.69, 9.17) is 9.84 Å². The van der Waals surface area contributed by atoms with Gasteiger partial charge in [-0.25, -0.2) is 13.1 Å². The second kappa shape index (κ2) is 7.64. The lowest BCUT2D eigenvalue weighted by molar-refractivity contribution is 0.146. The highest BCUT2D eigenvalue weighted by Crippen LogP contribution is 2.14. The predicted octanol–water partition coefficient (Wildman–Crippen LogP) is 0.705. The molecule has 1 rings (SSSR count). The number of aromatic nitrogens is 1. The van der Waals surface area contributed by atoms with Crippen molar-refractivity contribution < 1.29 is 18.3 Å². The SMILES string of the molecule is CCOCCCNS(=O)(=O)c1cc(CO)n(CC)c1. The summed E-state index contributed by atoms with van der Waals surface area (Å²) >= 11 is 0. The van der Waals surface area contributed by atoms with Crippen LogP contribution in [0.15, 0.2) is 17.2 Å². The third-order valence-electron chi connectivity index (χ3n) is 2.74. The lowest BCUT2D eigenvalue weighted by atomic mass is 10.4. The Bertz CT molecular complexity index is 460. The van der Waals surface area contributed by atoms with E-state index in [0.29, 0.717) is 38.4 Å². The largest absolute Gasteiger partial charge is 0.390 e. The Labute approximate surface area is 114 Å². The van der Waals surface area contributed by atoms with Crippen molar-refractivity contribution >= 4 is 10.0 Å². The molecule has 0 aliphatic rings. The molecule has 1 aromatic rings. The van der Waals surface area contributed by atoms with Gasteiger partial charge in [-0.1, -0.05) is 0 Å². The second-order valence-corrected chi connectivity index (χ2v) is 5.83. The lowest BCUT2D eigenvalue weighted by Crippen LogP contribution is -2.25. The Balaban J connectivity index is 2.64. The van der Waals surface area contributed by atoms with Crippen LogP contribution in [-0.4, -0.2) is 37.8 Å². The zero-order chi connectivity index (χ0) is 14.3. The summed E-state index contributed by atoms with van der Waals surface area (Å²) in [6.07, 6.45) is 2.17. The molecule has 19 heavy (non-hydrogen) atoms. The van der Waals surface area contributed by atoms with Crippen LogP contribution in [0.5, 0.6) is 0 Å². The van der Waals surface area contributed by atoms with Crippen LogP contribution in [0.3, 0.4) is 0 Å². The average Bonchev–Trinajstić information content (AvgIpc) is 2.82. The van der Waals surface area contributed by atoms with Crippen molar-refractivity contribution in [2.45, 2.75) is 38.3 Å². The molecule has 1 aromatic heterocycles. The first kappa shape index (κ1) is 16.2. The third-order valence-corrected chi connectivity index (χ3v) is 4.16. The minimum atomic E-state index is -3.51.